The second-order valence-corrected chi connectivity index (χ2v) is 5.28. The highest BCUT2D eigenvalue weighted by atomic mass is 79.9. The minimum absolute atomic E-state index is 0.693. The summed E-state index contributed by atoms with van der Waals surface area (Å²) in [4.78, 5) is 2.16. The fraction of sp³-hybridized carbons (Fsp3) is 0.286. The molecule has 1 aromatic heterocycles. The number of hydrogen-bond donors (Lipinski definition) is 1. The molecule has 1 N–H and O–H groups in total. The number of hydrogen-bond acceptors (Lipinski definition) is 3. The predicted molar refractivity (Wildman–Crippen MR) is 77.6 cm³/mol. The van der Waals surface area contributed by atoms with Crippen molar-refractivity contribution in [2.45, 2.75) is 13.1 Å². The smallest absolute Gasteiger partial charge is 0.169 e. The summed E-state index contributed by atoms with van der Waals surface area (Å²) in [7, 11) is 4.14. The first-order valence-electron chi connectivity index (χ1n) is 5.85. The Morgan fingerprint density at radius 3 is 2.39 bits per heavy atom. The average Bonchev–Trinajstić information content (AvgIpc) is 2.74. The van der Waals surface area contributed by atoms with E-state index < -0.39 is 0 Å². The van der Waals surface area contributed by atoms with E-state index in [0.717, 1.165) is 22.7 Å². The van der Waals surface area contributed by atoms with Gasteiger partial charge in [0.15, 0.2) is 4.67 Å². The molecular weight excluding hydrogens is 292 g/mol. The number of nitrogens with one attached hydrogen (secondary N) is 1. The molecule has 0 aliphatic heterocycles. The maximum absolute atomic E-state index is 5.43. The highest BCUT2D eigenvalue weighted by Crippen LogP contribution is 2.16. The molecule has 0 aliphatic rings. The molecule has 18 heavy (non-hydrogen) atoms. The first-order valence-corrected chi connectivity index (χ1v) is 6.64. The average molecular weight is 309 g/mol. The molecule has 3 nitrogen and oxygen atoms in total. The highest BCUT2D eigenvalue weighted by molar-refractivity contribution is 9.10. The second kappa shape index (κ2) is 6.07. The summed E-state index contributed by atoms with van der Waals surface area (Å²) in [6.45, 7) is 1.66. The van der Waals surface area contributed by atoms with Gasteiger partial charge in [0.05, 0.1) is 6.54 Å². The molecule has 2 rings (SSSR count). The van der Waals surface area contributed by atoms with Crippen molar-refractivity contribution in [2.24, 2.45) is 0 Å². The van der Waals surface area contributed by atoms with Gasteiger partial charge in [-0.3, -0.25) is 0 Å². The van der Waals surface area contributed by atoms with Crippen molar-refractivity contribution in [1.29, 1.82) is 0 Å². The SMILES string of the molecule is CN(C)Cc1ccc(NCc2ccc(Br)o2)cc1. The quantitative estimate of drug-likeness (QED) is 0.912. The highest BCUT2D eigenvalue weighted by Gasteiger charge is 2.00. The summed E-state index contributed by atoms with van der Waals surface area (Å²) in [6, 6.07) is 12.3. The van der Waals surface area contributed by atoms with Gasteiger partial charge in [-0.1, -0.05) is 12.1 Å². The predicted octanol–water partition coefficient (Wildman–Crippen LogP) is 3.72. The molecule has 1 aromatic carbocycles. The van der Waals surface area contributed by atoms with Crippen molar-refractivity contribution in [3.8, 4) is 0 Å². The summed E-state index contributed by atoms with van der Waals surface area (Å²) in [5, 5.41) is 3.33. The maximum atomic E-state index is 5.43. The molecule has 0 saturated heterocycles. The lowest BCUT2D eigenvalue weighted by molar-refractivity contribution is 0.402. The van der Waals surface area contributed by atoms with Crippen LogP contribution in [0, 0.1) is 0 Å². The van der Waals surface area contributed by atoms with Gasteiger partial charge in [-0.25, -0.2) is 0 Å². The van der Waals surface area contributed by atoms with Crippen LogP contribution < -0.4 is 5.32 Å². The number of anilines is 1. The van der Waals surface area contributed by atoms with Gasteiger partial charge in [-0.05, 0) is 59.9 Å². The van der Waals surface area contributed by atoms with Crippen molar-refractivity contribution < 1.29 is 4.42 Å². The van der Waals surface area contributed by atoms with Gasteiger partial charge in [-0.15, -0.1) is 0 Å². The minimum Gasteiger partial charge on any atom is -0.452 e. The summed E-state index contributed by atoms with van der Waals surface area (Å²) in [5.74, 6) is 0.916. The Kier molecular flexibility index (Phi) is 4.44. The third-order valence-electron chi connectivity index (χ3n) is 2.55. The lowest BCUT2D eigenvalue weighted by Gasteiger charge is -2.10. The van der Waals surface area contributed by atoms with Crippen molar-refractivity contribution in [1.82, 2.24) is 4.90 Å². The minimum atomic E-state index is 0.693. The molecule has 0 fully saturated rings. The normalized spacial score (nSPS) is 10.9. The molecule has 0 radical (unpaired) electrons. The van der Waals surface area contributed by atoms with Gasteiger partial charge in [0.1, 0.15) is 5.76 Å². The topological polar surface area (TPSA) is 28.4 Å². The van der Waals surface area contributed by atoms with Gasteiger partial charge in [-0.2, -0.15) is 0 Å². The zero-order chi connectivity index (χ0) is 13.0. The standard InChI is InChI=1S/C14H17BrN2O/c1-17(2)10-11-3-5-12(6-4-11)16-9-13-7-8-14(15)18-13/h3-8,16H,9-10H2,1-2H3. The number of nitrogens with zero attached hydrogens (tertiary/aromatic N) is 1. The van der Waals surface area contributed by atoms with E-state index in [1.807, 2.05) is 12.1 Å². The van der Waals surface area contributed by atoms with Crippen LogP contribution in [0.4, 0.5) is 5.69 Å². The van der Waals surface area contributed by atoms with E-state index >= 15 is 0 Å². The fourth-order valence-electron chi connectivity index (χ4n) is 1.73. The fourth-order valence-corrected chi connectivity index (χ4v) is 2.07. The van der Waals surface area contributed by atoms with Crippen molar-refractivity contribution in [3.63, 3.8) is 0 Å². The molecule has 2 aromatic rings. The van der Waals surface area contributed by atoms with Crippen LogP contribution >= 0.6 is 15.9 Å². The number of halogens is 1. The van der Waals surface area contributed by atoms with Crippen LogP contribution in [0.5, 0.6) is 0 Å². The third kappa shape index (κ3) is 3.89. The Morgan fingerprint density at radius 2 is 1.83 bits per heavy atom. The monoisotopic (exact) mass is 308 g/mol. The van der Waals surface area contributed by atoms with Crippen molar-refractivity contribution in [2.75, 3.05) is 19.4 Å². The van der Waals surface area contributed by atoms with E-state index in [-0.39, 0.29) is 0 Å². The van der Waals surface area contributed by atoms with E-state index in [9.17, 15) is 0 Å². The Hall–Kier alpha value is -1.26. The zero-order valence-corrected chi connectivity index (χ0v) is 12.2. The zero-order valence-electron chi connectivity index (χ0n) is 10.6. The van der Waals surface area contributed by atoms with E-state index in [1.54, 1.807) is 0 Å². The third-order valence-corrected chi connectivity index (χ3v) is 2.97. The molecule has 0 unspecified atom stereocenters. The Bertz CT molecular complexity index is 491. The number of rotatable bonds is 5. The van der Waals surface area contributed by atoms with Crippen molar-refractivity contribution in [3.05, 3.63) is 52.4 Å². The van der Waals surface area contributed by atoms with E-state index in [4.69, 9.17) is 4.42 Å². The molecule has 0 amide bonds. The summed E-state index contributed by atoms with van der Waals surface area (Å²) < 4.78 is 6.19. The maximum Gasteiger partial charge on any atom is 0.169 e. The molecule has 0 spiro atoms. The Balaban J connectivity index is 1.90. The van der Waals surface area contributed by atoms with Crippen LogP contribution in [0.25, 0.3) is 0 Å². The van der Waals surface area contributed by atoms with Gasteiger partial charge < -0.3 is 14.6 Å². The first-order chi connectivity index (χ1) is 8.63. The second-order valence-electron chi connectivity index (χ2n) is 4.49. The summed E-state index contributed by atoms with van der Waals surface area (Å²) in [6.07, 6.45) is 0. The molecule has 1 heterocycles. The lowest BCUT2D eigenvalue weighted by atomic mass is 10.2. The van der Waals surface area contributed by atoms with Gasteiger partial charge >= 0.3 is 0 Å². The number of benzene rings is 1. The molecule has 96 valence electrons. The molecule has 0 saturated carbocycles. The van der Waals surface area contributed by atoms with E-state index in [0.29, 0.717) is 6.54 Å². The van der Waals surface area contributed by atoms with Crippen LogP contribution in [0.15, 0.2) is 45.5 Å². The molecule has 4 heteroatoms. The van der Waals surface area contributed by atoms with Crippen LogP contribution in [-0.4, -0.2) is 19.0 Å². The summed E-state index contributed by atoms with van der Waals surface area (Å²) >= 11 is 3.29. The van der Waals surface area contributed by atoms with E-state index in [2.05, 4.69) is 64.5 Å². The van der Waals surface area contributed by atoms with Crippen LogP contribution in [0.2, 0.25) is 0 Å². The lowest BCUT2D eigenvalue weighted by Crippen LogP contribution is -2.10. The van der Waals surface area contributed by atoms with E-state index in [1.165, 1.54) is 5.56 Å². The van der Waals surface area contributed by atoms with Gasteiger partial charge in [0.25, 0.3) is 0 Å². The van der Waals surface area contributed by atoms with Crippen LogP contribution in [0.1, 0.15) is 11.3 Å². The molecule has 0 bridgehead atoms. The van der Waals surface area contributed by atoms with Gasteiger partial charge in [0, 0.05) is 12.2 Å². The van der Waals surface area contributed by atoms with Crippen LogP contribution in [-0.2, 0) is 13.1 Å². The van der Waals surface area contributed by atoms with Crippen LogP contribution in [0.3, 0.4) is 0 Å². The number of furan rings is 1. The van der Waals surface area contributed by atoms with Crippen molar-refractivity contribution >= 4 is 21.6 Å². The molecule has 0 atom stereocenters. The molecule has 0 aliphatic carbocycles. The van der Waals surface area contributed by atoms with Gasteiger partial charge in [0.2, 0.25) is 0 Å². The Labute approximate surface area is 116 Å². The largest absolute Gasteiger partial charge is 0.452 e. The summed E-state index contributed by atoms with van der Waals surface area (Å²) in [5.41, 5.74) is 2.41. The Morgan fingerprint density at radius 1 is 1.11 bits per heavy atom. The first kappa shape index (κ1) is 13.2. The molecular formula is C14H17BrN2O.